The standard InChI is InChI=1S/C11H27N3Si/c1-11(2)9-10-15(12(3)4,13(5)6)14(7)8/h9-11H,1-8H3/b10-9+. The van der Waals surface area contributed by atoms with E-state index in [1.807, 2.05) is 0 Å². The van der Waals surface area contributed by atoms with E-state index in [1.54, 1.807) is 0 Å². The Morgan fingerprint density at radius 1 is 0.800 bits per heavy atom. The lowest BCUT2D eigenvalue weighted by Crippen LogP contribution is -2.68. The van der Waals surface area contributed by atoms with Crippen LogP contribution in [0.1, 0.15) is 13.8 Å². The van der Waals surface area contributed by atoms with Crippen molar-refractivity contribution in [3.8, 4) is 0 Å². The average molecular weight is 229 g/mol. The SMILES string of the molecule is CC(C)/C=C/[Si](N(C)C)(N(C)C)N(C)C. The van der Waals surface area contributed by atoms with Crippen LogP contribution in [-0.4, -0.2) is 64.5 Å². The Labute approximate surface area is 96.6 Å². The van der Waals surface area contributed by atoms with Gasteiger partial charge in [0, 0.05) is 0 Å². The summed E-state index contributed by atoms with van der Waals surface area (Å²) in [4.78, 5) is 0. The van der Waals surface area contributed by atoms with Crippen LogP contribution in [0.2, 0.25) is 0 Å². The molecular weight excluding hydrogens is 202 g/mol. The topological polar surface area (TPSA) is 9.72 Å². The lowest BCUT2D eigenvalue weighted by molar-refractivity contribution is 0.394. The Morgan fingerprint density at radius 3 is 1.33 bits per heavy atom. The fourth-order valence-corrected chi connectivity index (χ4v) is 5.91. The Balaban J connectivity index is 5.14. The highest BCUT2D eigenvalue weighted by molar-refractivity contribution is 6.76. The zero-order chi connectivity index (χ0) is 12.2. The van der Waals surface area contributed by atoms with Crippen LogP contribution in [0.3, 0.4) is 0 Å². The first-order valence-corrected chi connectivity index (χ1v) is 7.38. The van der Waals surface area contributed by atoms with E-state index >= 15 is 0 Å². The van der Waals surface area contributed by atoms with Crippen molar-refractivity contribution in [2.45, 2.75) is 13.8 Å². The van der Waals surface area contributed by atoms with Crippen molar-refractivity contribution in [2.75, 3.05) is 42.3 Å². The van der Waals surface area contributed by atoms with E-state index in [1.165, 1.54) is 0 Å². The monoisotopic (exact) mass is 229 g/mol. The summed E-state index contributed by atoms with van der Waals surface area (Å²) in [5.41, 5.74) is 2.40. The third kappa shape index (κ3) is 3.41. The fourth-order valence-electron chi connectivity index (χ4n) is 1.97. The molecule has 0 aromatic rings. The number of nitrogens with zero attached hydrogens (tertiary/aromatic N) is 3. The van der Waals surface area contributed by atoms with E-state index in [2.05, 4.69) is 81.6 Å². The molecular formula is C11H27N3Si. The predicted molar refractivity (Wildman–Crippen MR) is 70.8 cm³/mol. The summed E-state index contributed by atoms with van der Waals surface area (Å²) in [6.45, 7) is 4.44. The molecule has 0 saturated carbocycles. The maximum absolute atomic E-state index is 2.40. The quantitative estimate of drug-likeness (QED) is 0.659. The van der Waals surface area contributed by atoms with E-state index in [0.717, 1.165) is 0 Å². The Bertz CT molecular complexity index is 188. The highest BCUT2D eigenvalue weighted by Gasteiger charge is 2.39. The van der Waals surface area contributed by atoms with Crippen molar-refractivity contribution >= 4 is 8.56 Å². The van der Waals surface area contributed by atoms with Crippen molar-refractivity contribution in [1.29, 1.82) is 0 Å². The molecule has 0 aliphatic rings. The second-order valence-electron chi connectivity index (χ2n) is 4.97. The molecule has 0 saturated heterocycles. The van der Waals surface area contributed by atoms with Crippen LogP contribution in [0, 0.1) is 5.92 Å². The Morgan fingerprint density at radius 2 is 1.13 bits per heavy atom. The van der Waals surface area contributed by atoms with Crippen LogP contribution in [0.4, 0.5) is 0 Å². The van der Waals surface area contributed by atoms with Crippen LogP contribution in [0.15, 0.2) is 11.8 Å². The summed E-state index contributed by atoms with van der Waals surface area (Å²) in [7, 11) is 11.2. The third-order valence-electron chi connectivity index (χ3n) is 2.68. The van der Waals surface area contributed by atoms with Crippen LogP contribution < -0.4 is 0 Å². The molecule has 0 rings (SSSR count). The molecule has 0 atom stereocenters. The number of allylic oxidation sites excluding steroid dienone is 1. The zero-order valence-corrected chi connectivity index (χ0v) is 12.6. The molecule has 0 bridgehead atoms. The molecule has 3 nitrogen and oxygen atoms in total. The van der Waals surface area contributed by atoms with Gasteiger partial charge in [0.1, 0.15) is 0 Å². The molecule has 0 spiro atoms. The second-order valence-corrected chi connectivity index (χ2v) is 9.36. The Kier molecular flexibility index (Phi) is 5.73. The summed E-state index contributed by atoms with van der Waals surface area (Å²) in [6, 6.07) is 0. The number of hydrogen-bond donors (Lipinski definition) is 0. The van der Waals surface area contributed by atoms with Gasteiger partial charge in [-0.2, -0.15) is 0 Å². The van der Waals surface area contributed by atoms with Gasteiger partial charge in [-0.25, -0.2) is 0 Å². The molecule has 0 aromatic carbocycles. The molecule has 0 aromatic heterocycles. The third-order valence-corrected chi connectivity index (χ3v) is 7.27. The largest absolute Gasteiger partial charge is 0.314 e. The second kappa shape index (κ2) is 5.79. The molecule has 4 heteroatoms. The molecule has 0 aliphatic carbocycles. The maximum Gasteiger partial charge on any atom is 0.314 e. The molecule has 0 radical (unpaired) electrons. The molecule has 0 unspecified atom stereocenters. The molecule has 0 N–H and O–H groups in total. The molecule has 0 heterocycles. The summed E-state index contributed by atoms with van der Waals surface area (Å²) in [5.74, 6) is 0.608. The van der Waals surface area contributed by atoms with Gasteiger partial charge in [0.2, 0.25) is 0 Å². The summed E-state index contributed by atoms with van der Waals surface area (Å²) >= 11 is 0. The minimum Gasteiger partial charge on any atom is -0.302 e. The minimum absolute atomic E-state index is 0.608. The fraction of sp³-hybridized carbons (Fsp3) is 0.818. The van der Waals surface area contributed by atoms with Gasteiger partial charge in [0.25, 0.3) is 0 Å². The van der Waals surface area contributed by atoms with E-state index in [0.29, 0.717) is 5.92 Å². The Hall–Kier alpha value is -0.163. The smallest absolute Gasteiger partial charge is 0.302 e. The van der Waals surface area contributed by atoms with Gasteiger partial charge in [-0.05, 0) is 48.2 Å². The van der Waals surface area contributed by atoms with Crippen molar-refractivity contribution < 1.29 is 0 Å². The van der Waals surface area contributed by atoms with E-state index in [-0.39, 0.29) is 0 Å². The zero-order valence-electron chi connectivity index (χ0n) is 11.6. The van der Waals surface area contributed by atoms with Crippen molar-refractivity contribution in [3.63, 3.8) is 0 Å². The van der Waals surface area contributed by atoms with Crippen LogP contribution in [-0.2, 0) is 0 Å². The normalized spacial score (nSPS) is 14.1. The van der Waals surface area contributed by atoms with E-state index in [4.69, 9.17) is 0 Å². The van der Waals surface area contributed by atoms with Crippen LogP contribution in [0.5, 0.6) is 0 Å². The van der Waals surface area contributed by atoms with E-state index < -0.39 is 8.56 Å². The van der Waals surface area contributed by atoms with Gasteiger partial charge >= 0.3 is 8.56 Å². The van der Waals surface area contributed by atoms with E-state index in [9.17, 15) is 0 Å². The van der Waals surface area contributed by atoms with Gasteiger partial charge in [-0.3, -0.25) is 0 Å². The number of rotatable bonds is 5. The molecule has 0 amide bonds. The van der Waals surface area contributed by atoms with Gasteiger partial charge in [0.05, 0.1) is 0 Å². The van der Waals surface area contributed by atoms with Crippen LogP contribution >= 0.6 is 0 Å². The van der Waals surface area contributed by atoms with Gasteiger partial charge in [0.15, 0.2) is 0 Å². The minimum atomic E-state index is -1.77. The predicted octanol–water partition coefficient (Wildman–Crippen LogP) is 1.36. The molecule has 0 aliphatic heterocycles. The first kappa shape index (κ1) is 14.8. The van der Waals surface area contributed by atoms with Crippen molar-refractivity contribution in [2.24, 2.45) is 5.92 Å². The van der Waals surface area contributed by atoms with Crippen LogP contribution in [0.25, 0.3) is 0 Å². The molecule has 90 valence electrons. The molecule has 0 fully saturated rings. The summed E-state index contributed by atoms with van der Waals surface area (Å²) in [5, 5.41) is 0. The first-order valence-electron chi connectivity index (χ1n) is 5.46. The van der Waals surface area contributed by atoms with Crippen molar-refractivity contribution in [1.82, 2.24) is 13.7 Å². The summed E-state index contributed by atoms with van der Waals surface area (Å²) in [6.07, 6.45) is 2.31. The molecule has 15 heavy (non-hydrogen) atoms. The number of hydrogen-bond acceptors (Lipinski definition) is 3. The highest BCUT2D eigenvalue weighted by Crippen LogP contribution is 2.15. The lowest BCUT2D eigenvalue weighted by atomic mass is 10.2. The van der Waals surface area contributed by atoms with Gasteiger partial charge < -0.3 is 13.7 Å². The van der Waals surface area contributed by atoms with Gasteiger partial charge in [-0.1, -0.05) is 25.6 Å². The lowest BCUT2D eigenvalue weighted by Gasteiger charge is -2.44. The first-order chi connectivity index (χ1) is 6.75. The van der Waals surface area contributed by atoms with Gasteiger partial charge in [-0.15, -0.1) is 0 Å². The summed E-state index contributed by atoms with van der Waals surface area (Å²) < 4.78 is 7.06. The maximum atomic E-state index is 2.40. The average Bonchev–Trinajstić information content (AvgIpc) is 2.02. The highest BCUT2D eigenvalue weighted by atomic mass is 28.4. The van der Waals surface area contributed by atoms with Crippen molar-refractivity contribution in [3.05, 3.63) is 11.8 Å².